The molecule has 1 aromatic carbocycles. The van der Waals surface area contributed by atoms with E-state index < -0.39 is 133 Å². The molecule has 0 unspecified atom stereocenters. The fraction of sp³-hybridized carbons (Fsp3) is 0.561. The number of hydrogen-bond acceptors (Lipinski definition) is 12. The number of halogens is 1. The van der Waals surface area contributed by atoms with Gasteiger partial charge in [0.2, 0.25) is 29.5 Å². The molecule has 0 fully saturated rings. The van der Waals surface area contributed by atoms with E-state index >= 15 is 0 Å². The van der Waals surface area contributed by atoms with Gasteiger partial charge < -0.3 is 59.7 Å². The Morgan fingerprint density at radius 2 is 1.38 bits per heavy atom. The first-order chi connectivity index (χ1) is 29.7. The summed E-state index contributed by atoms with van der Waals surface area (Å²) in [7, 11) is 0. The zero-order valence-electron chi connectivity index (χ0n) is 35.5. The fourth-order valence-electron chi connectivity index (χ4n) is 6.18. The van der Waals surface area contributed by atoms with E-state index in [0.717, 1.165) is 12.1 Å². The SMILES string of the molecule is C#CC[C@H](NC(=O)CNC(=O)[C@@H](CC(=O)[C@@H](NC(=O)[C@H](CC(=O)O)CC(=O)[C@H](CCCCN)NC(=O)[C@@H](N)CCCN=C(N)N)C(C)C)Cc1ccc(F)cc1)C(=O)NCC(=O)O. The maximum Gasteiger partial charge on any atom is 0.322 e. The van der Waals surface area contributed by atoms with Crippen LogP contribution in [0.2, 0.25) is 0 Å². The molecular formula is C41H61FN10O11. The van der Waals surface area contributed by atoms with E-state index in [1.165, 1.54) is 12.1 Å². The minimum absolute atomic E-state index is 0.115. The number of hydrogen-bond donors (Lipinski definition) is 11. The van der Waals surface area contributed by atoms with Gasteiger partial charge >= 0.3 is 11.9 Å². The molecule has 0 radical (unpaired) electrons. The van der Waals surface area contributed by atoms with Crippen LogP contribution in [0.5, 0.6) is 0 Å². The van der Waals surface area contributed by atoms with Gasteiger partial charge in [-0.3, -0.25) is 48.1 Å². The number of carboxylic acids is 2. The van der Waals surface area contributed by atoms with Crippen LogP contribution in [0.4, 0.5) is 4.39 Å². The largest absolute Gasteiger partial charge is 0.481 e. The zero-order valence-corrected chi connectivity index (χ0v) is 35.5. The van der Waals surface area contributed by atoms with E-state index in [9.17, 15) is 52.6 Å². The molecule has 0 aliphatic carbocycles. The molecule has 5 amide bonds. The molecule has 6 atom stereocenters. The van der Waals surface area contributed by atoms with Crippen LogP contribution in [0.1, 0.15) is 77.2 Å². The van der Waals surface area contributed by atoms with Gasteiger partial charge in [0.05, 0.1) is 37.0 Å². The van der Waals surface area contributed by atoms with Crippen molar-refractivity contribution in [3.05, 3.63) is 35.6 Å². The molecule has 0 aliphatic heterocycles. The van der Waals surface area contributed by atoms with E-state index in [2.05, 4.69) is 37.5 Å². The zero-order chi connectivity index (χ0) is 47.6. The topological polar surface area (TPSA) is 371 Å². The summed E-state index contributed by atoms with van der Waals surface area (Å²) in [5.41, 5.74) is 22.7. The fourth-order valence-corrected chi connectivity index (χ4v) is 6.18. The average Bonchev–Trinajstić information content (AvgIpc) is 3.21. The Morgan fingerprint density at radius 3 is 1.95 bits per heavy atom. The normalized spacial score (nSPS) is 13.7. The molecule has 0 bridgehead atoms. The molecule has 63 heavy (non-hydrogen) atoms. The van der Waals surface area contributed by atoms with Crippen molar-refractivity contribution in [2.45, 2.75) is 102 Å². The molecule has 0 saturated carbocycles. The number of rotatable bonds is 31. The Hall–Kier alpha value is -6.47. The molecule has 15 N–H and O–H groups in total. The lowest BCUT2D eigenvalue weighted by atomic mass is 9.87. The second-order valence-corrected chi connectivity index (χ2v) is 15.2. The third-order valence-corrected chi connectivity index (χ3v) is 9.53. The van der Waals surface area contributed by atoms with Gasteiger partial charge in [-0.05, 0) is 68.7 Å². The summed E-state index contributed by atoms with van der Waals surface area (Å²) < 4.78 is 13.7. The van der Waals surface area contributed by atoms with Crippen molar-refractivity contribution in [3.63, 3.8) is 0 Å². The van der Waals surface area contributed by atoms with Gasteiger partial charge in [0.25, 0.3) is 0 Å². The maximum absolute atomic E-state index is 13.9. The van der Waals surface area contributed by atoms with Crippen LogP contribution < -0.4 is 49.5 Å². The maximum atomic E-state index is 13.9. The molecule has 0 aliphatic rings. The van der Waals surface area contributed by atoms with Crippen molar-refractivity contribution in [2.24, 2.45) is 45.7 Å². The minimum atomic E-state index is -1.49. The van der Waals surface area contributed by atoms with Crippen LogP contribution in [0.15, 0.2) is 29.3 Å². The van der Waals surface area contributed by atoms with Crippen LogP contribution in [-0.2, 0) is 49.6 Å². The summed E-state index contributed by atoms with van der Waals surface area (Å²) >= 11 is 0. The van der Waals surface area contributed by atoms with Crippen molar-refractivity contribution < 1.29 is 57.8 Å². The Kier molecular flexibility index (Phi) is 25.1. The first-order valence-corrected chi connectivity index (χ1v) is 20.3. The molecule has 0 heterocycles. The molecular weight excluding hydrogens is 828 g/mol. The summed E-state index contributed by atoms with van der Waals surface area (Å²) in [6.07, 6.45) is 4.41. The number of benzene rings is 1. The van der Waals surface area contributed by atoms with Crippen LogP contribution in [0.25, 0.3) is 0 Å². The summed E-state index contributed by atoms with van der Waals surface area (Å²) in [6, 6.07) is 0.230. The summed E-state index contributed by atoms with van der Waals surface area (Å²) in [6.45, 7) is 2.24. The number of terminal acetylenes is 1. The van der Waals surface area contributed by atoms with Gasteiger partial charge in [0.15, 0.2) is 17.5 Å². The molecule has 0 spiro atoms. The number of amides is 5. The Morgan fingerprint density at radius 1 is 0.746 bits per heavy atom. The van der Waals surface area contributed by atoms with Gasteiger partial charge in [-0.2, -0.15) is 0 Å². The number of carboxylic acid groups (broad SMARTS) is 2. The Balaban J connectivity index is 3.26. The lowest BCUT2D eigenvalue weighted by molar-refractivity contribution is -0.143. The summed E-state index contributed by atoms with van der Waals surface area (Å²) in [4.78, 5) is 120. The highest BCUT2D eigenvalue weighted by Gasteiger charge is 2.35. The number of guanidine groups is 1. The highest BCUT2D eigenvalue weighted by molar-refractivity contribution is 5.97. The number of aliphatic carboxylic acids is 2. The van der Waals surface area contributed by atoms with Crippen LogP contribution in [-0.4, -0.2) is 120 Å². The number of Topliss-reactive ketones (excluding diaryl/α,β-unsaturated/α-hetero) is 2. The Labute approximate surface area is 364 Å². The molecule has 22 heteroatoms. The molecule has 1 rings (SSSR count). The smallest absolute Gasteiger partial charge is 0.322 e. The Bertz CT molecular complexity index is 1820. The van der Waals surface area contributed by atoms with Crippen molar-refractivity contribution in [3.8, 4) is 12.3 Å². The van der Waals surface area contributed by atoms with Gasteiger partial charge in [0, 0.05) is 31.7 Å². The van der Waals surface area contributed by atoms with Crippen LogP contribution >= 0.6 is 0 Å². The number of nitrogens with one attached hydrogen (secondary N) is 5. The summed E-state index contributed by atoms with van der Waals surface area (Å²) in [5.74, 6) is -10.1. The van der Waals surface area contributed by atoms with Crippen molar-refractivity contribution in [2.75, 3.05) is 26.2 Å². The molecule has 0 aromatic heterocycles. The number of unbranched alkanes of at least 4 members (excludes halogenated alkanes) is 1. The van der Waals surface area contributed by atoms with Gasteiger partial charge in [0.1, 0.15) is 18.4 Å². The predicted molar refractivity (Wildman–Crippen MR) is 227 cm³/mol. The third-order valence-electron chi connectivity index (χ3n) is 9.53. The van der Waals surface area contributed by atoms with Crippen LogP contribution in [0, 0.1) is 35.9 Å². The number of nitrogens with two attached hydrogens (primary N) is 4. The van der Waals surface area contributed by atoms with E-state index in [-0.39, 0.29) is 38.2 Å². The molecule has 0 saturated heterocycles. The van der Waals surface area contributed by atoms with Gasteiger partial charge in [-0.1, -0.05) is 26.0 Å². The quantitative estimate of drug-likeness (QED) is 0.0166. The van der Waals surface area contributed by atoms with Crippen molar-refractivity contribution in [1.29, 1.82) is 0 Å². The van der Waals surface area contributed by atoms with E-state index in [1.54, 1.807) is 13.8 Å². The predicted octanol–water partition coefficient (Wildman–Crippen LogP) is -2.05. The van der Waals surface area contributed by atoms with Crippen molar-refractivity contribution in [1.82, 2.24) is 26.6 Å². The highest BCUT2D eigenvalue weighted by atomic mass is 19.1. The van der Waals surface area contributed by atoms with E-state index in [0.29, 0.717) is 31.4 Å². The van der Waals surface area contributed by atoms with E-state index in [1.807, 2.05) is 0 Å². The standard InChI is InChI=1S/C41H61FN10O11/c1-4-8-30(40(63)49-22-35(58)59)50-33(55)21-48-37(60)25(17-24-11-13-27(42)14-12-24)19-32(54)36(23(2)3)52-38(61)26(20-34(56)57)18-31(53)29(10-5-6-15-43)51-39(62)28(44)9-7-16-47-41(45)46/h1,11-14,23,25-26,28-30,36H,5-10,15-22,43-44H2,2-3H3,(H,48,60)(H,49,63)(H,50,55)(H,51,62)(H,52,61)(H,56,57)(H,58,59)(H4,45,46,47)/t25-,26+,28+,29+,30+,36+/m1/s1. The van der Waals surface area contributed by atoms with Crippen molar-refractivity contribution >= 4 is 59.0 Å². The minimum Gasteiger partial charge on any atom is -0.481 e. The number of carbonyl (C=O) groups is 9. The van der Waals surface area contributed by atoms with Gasteiger partial charge in [-0.25, -0.2) is 4.39 Å². The second kappa shape index (κ2) is 28.9. The number of ketones is 2. The first kappa shape index (κ1) is 54.5. The molecule has 348 valence electrons. The summed E-state index contributed by atoms with van der Waals surface area (Å²) in [5, 5.41) is 30.5. The second-order valence-electron chi connectivity index (χ2n) is 15.2. The van der Waals surface area contributed by atoms with Gasteiger partial charge in [-0.15, -0.1) is 12.3 Å². The average molecular weight is 889 g/mol. The number of carbonyl (C=O) groups excluding carboxylic acids is 7. The lowest BCUT2D eigenvalue weighted by Crippen LogP contribution is -2.51. The lowest BCUT2D eigenvalue weighted by Gasteiger charge is -2.26. The third kappa shape index (κ3) is 22.3. The number of aliphatic imine (C=N–C) groups is 1. The van der Waals surface area contributed by atoms with Crippen LogP contribution in [0.3, 0.4) is 0 Å². The molecule has 21 nitrogen and oxygen atoms in total. The van der Waals surface area contributed by atoms with E-state index in [4.69, 9.17) is 34.5 Å². The number of nitrogens with zero attached hydrogens (tertiary/aromatic N) is 1. The monoisotopic (exact) mass is 888 g/mol. The highest BCUT2D eigenvalue weighted by Crippen LogP contribution is 2.20. The molecule has 1 aromatic rings. The first-order valence-electron chi connectivity index (χ1n) is 20.3.